The summed E-state index contributed by atoms with van der Waals surface area (Å²) in [6.07, 6.45) is 6.93. The zero-order valence-electron chi connectivity index (χ0n) is 18.2. The van der Waals surface area contributed by atoms with Gasteiger partial charge in [-0.15, -0.1) is 0 Å². The van der Waals surface area contributed by atoms with Gasteiger partial charge in [0, 0.05) is 51.9 Å². The Labute approximate surface area is 180 Å². The normalized spacial score (nSPS) is 19.8. The number of aromatic nitrogens is 1. The van der Waals surface area contributed by atoms with Crippen molar-refractivity contribution in [1.29, 1.82) is 0 Å². The van der Waals surface area contributed by atoms with Crippen LogP contribution in [0.15, 0.2) is 47.6 Å². The molecule has 4 rings (SSSR count). The van der Waals surface area contributed by atoms with Crippen LogP contribution in [0.4, 0.5) is 5.82 Å². The Morgan fingerprint density at radius 2 is 1.93 bits per heavy atom. The lowest BCUT2D eigenvalue weighted by molar-refractivity contribution is 0.414. The molecule has 0 radical (unpaired) electrons. The maximum atomic E-state index is 5.28. The molecule has 2 aromatic rings. The number of methoxy groups -OCH3 is 1. The first-order valence-electron chi connectivity index (χ1n) is 11.1. The first-order chi connectivity index (χ1) is 14.8. The second-order valence-electron chi connectivity index (χ2n) is 8.18. The minimum atomic E-state index is 0.529. The van der Waals surface area contributed by atoms with E-state index in [2.05, 4.69) is 61.5 Å². The molecule has 160 valence electrons. The van der Waals surface area contributed by atoms with Crippen LogP contribution in [0, 0.1) is 0 Å². The van der Waals surface area contributed by atoms with E-state index >= 15 is 0 Å². The monoisotopic (exact) mass is 407 g/mol. The SMILES string of the molecule is CN=C(NCc1ccnc(N2CCCCC2)c1)N1CCC(c2ccc(OC)cc2)C1. The van der Waals surface area contributed by atoms with Crippen LogP contribution in [0.25, 0.3) is 0 Å². The number of guanidine groups is 1. The molecule has 0 bridgehead atoms. The van der Waals surface area contributed by atoms with Crippen LogP contribution < -0.4 is 15.0 Å². The van der Waals surface area contributed by atoms with Gasteiger partial charge in [-0.25, -0.2) is 4.98 Å². The van der Waals surface area contributed by atoms with Gasteiger partial charge in [0.05, 0.1) is 7.11 Å². The van der Waals surface area contributed by atoms with Gasteiger partial charge in [0.25, 0.3) is 0 Å². The van der Waals surface area contributed by atoms with Crippen LogP contribution in [0.3, 0.4) is 0 Å². The predicted octanol–water partition coefficient (Wildman–Crippen LogP) is 3.65. The van der Waals surface area contributed by atoms with Gasteiger partial charge < -0.3 is 19.9 Å². The molecule has 1 N–H and O–H groups in total. The zero-order chi connectivity index (χ0) is 20.8. The molecule has 2 saturated heterocycles. The van der Waals surface area contributed by atoms with E-state index in [0.29, 0.717) is 5.92 Å². The van der Waals surface area contributed by atoms with E-state index in [1.165, 1.54) is 30.4 Å². The highest BCUT2D eigenvalue weighted by atomic mass is 16.5. The number of likely N-dealkylation sites (tertiary alicyclic amines) is 1. The molecular weight excluding hydrogens is 374 g/mol. The lowest BCUT2D eigenvalue weighted by Crippen LogP contribution is -2.39. The van der Waals surface area contributed by atoms with Crippen molar-refractivity contribution < 1.29 is 4.74 Å². The third-order valence-electron chi connectivity index (χ3n) is 6.23. The first-order valence-corrected chi connectivity index (χ1v) is 11.1. The molecule has 6 nitrogen and oxygen atoms in total. The van der Waals surface area contributed by atoms with Crippen molar-refractivity contribution in [2.75, 3.05) is 45.2 Å². The van der Waals surface area contributed by atoms with E-state index in [4.69, 9.17) is 4.74 Å². The van der Waals surface area contributed by atoms with Crippen molar-refractivity contribution >= 4 is 11.8 Å². The standard InChI is InChI=1S/C24H33N5O/c1-25-24(29-15-11-21(18-29)20-6-8-22(30-2)9-7-20)27-17-19-10-12-26-23(16-19)28-13-4-3-5-14-28/h6-10,12,16,21H,3-5,11,13-15,17-18H2,1-2H3,(H,25,27). The number of benzene rings is 1. The molecule has 2 aliphatic rings. The molecule has 6 heteroatoms. The van der Waals surface area contributed by atoms with Gasteiger partial charge >= 0.3 is 0 Å². The second kappa shape index (κ2) is 9.83. The number of aliphatic imine (C=N–C) groups is 1. The van der Waals surface area contributed by atoms with Gasteiger partial charge in [-0.1, -0.05) is 12.1 Å². The van der Waals surface area contributed by atoms with Crippen LogP contribution in [-0.2, 0) is 6.54 Å². The number of hydrogen-bond donors (Lipinski definition) is 1. The minimum Gasteiger partial charge on any atom is -0.497 e. The number of rotatable bonds is 5. The fourth-order valence-electron chi connectivity index (χ4n) is 4.48. The van der Waals surface area contributed by atoms with E-state index < -0.39 is 0 Å². The quantitative estimate of drug-likeness (QED) is 0.606. The van der Waals surface area contributed by atoms with Gasteiger partial charge in [0.2, 0.25) is 0 Å². The van der Waals surface area contributed by atoms with E-state index in [1.54, 1.807) is 7.11 Å². The molecule has 1 aromatic carbocycles. The lowest BCUT2D eigenvalue weighted by atomic mass is 9.98. The third-order valence-corrected chi connectivity index (χ3v) is 6.23. The molecule has 2 aliphatic heterocycles. The Bertz CT molecular complexity index is 845. The summed E-state index contributed by atoms with van der Waals surface area (Å²) < 4.78 is 5.28. The molecule has 0 amide bonds. The lowest BCUT2D eigenvalue weighted by Gasteiger charge is -2.28. The van der Waals surface area contributed by atoms with E-state index in [9.17, 15) is 0 Å². The van der Waals surface area contributed by atoms with Crippen LogP contribution in [0.5, 0.6) is 5.75 Å². The van der Waals surface area contributed by atoms with Crippen LogP contribution >= 0.6 is 0 Å². The molecule has 1 atom stereocenters. The Balaban J connectivity index is 1.34. The van der Waals surface area contributed by atoms with Gasteiger partial charge in [-0.05, 0) is 61.1 Å². The third kappa shape index (κ3) is 4.86. The summed E-state index contributed by atoms with van der Waals surface area (Å²) in [6.45, 7) is 5.00. The van der Waals surface area contributed by atoms with Crippen molar-refractivity contribution in [3.63, 3.8) is 0 Å². The Hall–Kier alpha value is -2.76. The number of anilines is 1. The molecule has 1 aromatic heterocycles. The second-order valence-corrected chi connectivity index (χ2v) is 8.18. The number of pyridine rings is 1. The fraction of sp³-hybridized carbons (Fsp3) is 0.500. The molecule has 1 unspecified atom stereocenters. The van der Waals surface area contributed by atoms with Gasteiger partial charge in [-0.2, -0.15) is 0 Å². The van der Waals surface area contributed by atoms with Crippen molar-refractivity contribution in [3.8, 4) is 5.75 Å². The van der Waals surface area contributed by atoms with E-state index in [0.717, 1.165) is 56.7 Å². The van der Waals surface area contributed by atoms with E-state index in [-0.39, 0.29) is 0 Å². The van der Waals surface area contributed by atoms with E-state index in [1.807, 2.05) is 13.2 Å². The van der Waals surface area contributed by atoms with Gasteiger partial charge in [0.1, 0.15) is 11.6 Å². The summed E-state index contributed by atoms with van der Waals surface area (Å²) in [6, 6.07) is 12.8. The first kappa shape index (κ1) is 20.5. The summed E-state index contributed by atoms with van der Waals surface area (Å²) in [5, 5.41) is 3.56. The van der Waals surface area contributed by atoms with Crippen molar-refractivity contribution in [2.45, 2.75) is 38.1 Å². The Morgan fingerprint density at radius 1 is 1.13 bits per heavy atom. The Kier molecular flexibility index (Phi) is 6.72. The summed E-state index contributed by atoms with van der Waals surface area (Å²) in [5.74, 6) is 3.51. The highest BCUT2D eigenvalue weighted by Gasteiger charge is 2.26. The molecule has 0 spiro atoms. The van der Waals surface area contributed by atoms with Crippen molar-refractivity contribution in [3.05, 3.63) is 53.7 Å². The minimum absolute atomic E-state index is 0.529. The summed E-state index contributed by atoms with van der Waals surface area (Å²) in [7, 11) is 3.58. The average Bonchev–Trinajstić information content (AvgIpc) is 3.30. The summed E-state index contributed by atoms with van der Waals surface area (Å²) in [4.78, 5) is 13.9. The largest absolute Gasteiger partial charge is 0.497 e. The summed E-state index contributed by atoms with van der Waals surface area (Å²) >= 11 is 0. The smallest absolute Gasteiger partial charge is 0.193 e. The highest BCUT2D eigenvalue weighted by molar-refractivity contribution is 5.80. The molecular formula is C24H33N5O. The molecule has 2 fully saturated rings. The van der Waals surface area contributed by atoms with Gasteiger partial charge in [0.15, 0.2) is 5.96 Å². The van der Waals surface area contributed by atoms with Crippen LogP contribution in [-0.4, -0.2) is 56.2 Å². The zero-order valence-corrected chi connectivity index (χ0v) is 18.2. The Morgan fingerprint density at radius 3 is 2.67 bits per heavy atom. The molecule has 0 aliphatic carbocycles. The van der Waals surface area contributed by atoms with Crippen LogP contribution in [0.2, 0.25) is 0 Å². The maximum Gasteiger partial charge on any atom is 0.193 e. The molecule has 30 heavy (non-hydrogen) atoms. The maximum absolute atomic E-state index is 5.28. The van der Waals surface area contributed by atoms with Gasteiger partial charge in [-0.3, -0.25) is 4.99 Å². The fourth-order valence-corrected chi connectivity index (χ4v) is 4.48. The van der Waals surface area contributed by atoms with Crippen LogP contribution in [0.1, 0.15) is 42.7 Å². The predicted molar refractivity (Wildman–Crippen MR) is 122 cm³/mol. The average molecular weight is 408 g/mol. The number of nitrogens with zero attached hydrogens (tertiary/aromatic N) is 4. The topological polar surface area (TPSA) is 53.0 Å². The van der Waals surface area contributed by atoms with Crippen molar-refractivity contribution in [2.24, 2.45) is 4.99 Å². The summed E-state index contributed by atoms with van der Waals surface area (Å²) in [5.41, 5.74) is 2.62. The van der Waals surface area contributed by atoms with Crippen molar-refractivity contribution in [1.82, 2.24) is 15.2 Å². The number of hydrogen-bond acceptors (Lipinski definition) is 4. The number of nitrogens with one attached hydrogen (secondary N) is 1. The number of piperidine rings is 1. The molecule has 0 saturated carbocycles. The molecule has 3 heterocycles. The number of ether oxygens (including phenoxy) is 1. The highest BCUT2D eigenvalue weighted by Crippen LogP contribution is 2.28.